The molecule has 0 unspecified atom stereocenters. The number of carbonyl (C=O) groups is 2. The van der Waals surface area contributed by atoms with Gasteiger partial charge in [0.25, 0.3) is 5.91 Å². The van der Waals surface area contributed by atoms with E-state index in [2.05, 4.69) is 17.1 Å². The number of hydrogen-bond donors (Lipinski definition) is 2. The van der Waals surface area contributed by atoms with E-state index >= 15 is 0 Å². The summed E-state index contributed by atoms with van der Waals surface area (Å²) < 4.78 is 0. The summed E-state index contributed by atoms with van der Waals surface area (Å²) in [7, 11) is 0. The van der Waals surface area contributed by atoms with E-state index in [-0.39, 0.29) is 11.5 Å². The predicted molar refractivity (Wildman–Crippen MR) is 76.0 cm³/mol. The molecule has 2 N–H and O–H groups in total. The molecule has 1 aromatic carbocycles. The summed E-state index contributed by atoms with van der Waals surface area (Å²) in [6, 6.07) is 6.67. The fourth-order valence-electron chi connectivity index (χ4n) is 2.22. The Bertz CT molecular complexity index is 480. The van der Waals surface area contributed by atoms with Crippen molar-refractivity contribution < 1.29 is 14.7 Å². The van der Waals surface area contributed by atoms with Gasteiger partial charge in [-0.1, -0.05) is 6.92 Å². The molecule has 0 atom stereocenters. The first kappa shape index (κ1) is 14.5. The third kappa shape index (κ3) is 3.81. The Balaban J connectivity index is 1.80. The molecule has 0 saturated heterocycles. The Hall–Kier alpha value is -1.88. The average Bonchev–Trinajstić information content (AvgIpc) is 3.28. The van der Waals surface area contributed by atoms with Crippen molar-refractivity contribution in [3.05, 3.63) is 35.4 Å². The standard InChI is InChI=1S/C15H20N2O3/c1-2-17(13-7-8-13)10-9-16-14(18)11-3-5-12(6-4-11)15(19)20/h3-6,13H,2,7-10H2,1H3,(H,16,18)(H,19,20). The number of carboxylic acids is 1. The van der Waals surface area contributed by atoms with Crippen molar-refractivity contribution in [3.8, 4) is 0 Å². The Morgan fingerprint density at radius 3 is 2.35 bits per heavy atom. The number of nitrogens with one attached hydrogen (secondary N) is 1. The van der Waals surface area contributed by atoms with Gasteiger partial charge in [-0.3, -0.25) is 9.69 Å². The second kappa shape index (κ2) is 6.52. The van der Waals surface area contributed by atoms with Crippen LogP contribution in [0.15, 0.2) is 24.3 Å². The van der Waals surface area contributed by atoms with Crippen molar-refractivity contribution in [3.63, 3.8) is 0 Å². The highest BCUT2D eigenvalue weighted by molar-refractivity contribution is 5.95. The molecule has 0 radical (unpaired) electrons. The Labute approximate surface area is 118 Å². The van der Waals surface area contributed by atoms with Crippen molar-refractivity contribution in [1.82, 2.24) is 10.2 Å². The van der Waals surface area contributed by atoms with Gasteiger partial charge in [0.1, 0.15) is 0 Å². The van der Waals surface area contributed by atoms with Gasteiger partial charge in [0.2, 0.25) is 0 Å². The summed E-state index contributed by atoms with van der Waals surface area (Å²) in [5.74, 6) is -1.14. The van der Waals surface area contributed by atoms with Crippen LogP contribution in [0.4, 0.5) is 0 Å². The topological polar surface area (TPSA) is 69.6 Å². The number of amides is 1. The number of hydrogen-bond acceptors (Lipinski definition) is 3. The highest BCUT2D eigenvalue weighted by Crippen LogP contribution is 2.25. The fourth-order valence-corrected chi connectivity index (χ4v) is 2.22. The molecule has 1 aliphatic carbocycles. The number of aromatic carboxylic acids is 1. The van der Waals surface area contributed by atoms with E-state index in [9.17, 15) is 9.59 Å². The summed E-state index contributed by atoms with van der Waals surface area (Å²) in [6.45, 7) is 4.61. The first-order valence-electron chi connectivity index (χ1n) is 6.97. The molecule has 0 bridgehead atoms. The van der Waals surface area contributed by atoms with Gasteiger partial charge >= 0.3 is 5.97 Å². The van der Waals surface area contributed by atoms with Crippen molar-refractivity contribution in [2.24, 2.45) is 0 Å². The smallest absolute Gasteiger partial charge is 0.335 e. The molecule has 1 fully saturated rings. The molecule has 0 heterocycles. The highest BCUT2D eigenvalue weighted by Gasteiger charge is 2.27. The van der Waals surface area contributed by atoms with E-state index in [4.69, 9.17) is 5.11 Å². The Morgan fingerprint density at radius 1 is 1.25 bits per heavy atom. The molecule has 5 nitrogen and oxygen atoms in total. The van der Waals surface area contributed by atoms with Crippen molar-refractivity contribution in [1.29, 1.82) is 0 Å². The van der Waals surface area contributed by atoms with Gasteiger partial charge in [0.15, 0.2) is 0 Å². The zero-order chi connectivity index (χ0) is 14.5. The van der Waals surface area contributed by atoms with Crippen molar-refractivity contribution >= 4 is 11.9 Å². The zero-order valence-corrected chi connectivity index (χ0v) is 11.6. The summed E-state index contributed by atoms with van der Waals surface area (Å²) in [5.41, 5.74) is 0.678. The molecule has 20 heavy (non-hydrogen) atoms. The molecule has 0 spiro atoms. The van der Waals surface area contributed by atoms with E-state index in [0.717, 1.165) is 13.1 Å². The molecule has 5 heteroatoms. The minimum Gasteiger partial charge on any atom is -0.478 e. The lowest BCUT2D eigenvalue weighted by Gasteiger charge is -2.19. The molecule has 1 aromatic rings. The van der Waals surface area contributed by atoms with Gasteiger partial charge in [-0.2, -0.15) is 0 Å². The number of carbonyl (C=O) groups excluding carboxylic acids is 1. The maximum atomic E-state index is 11.9. The number of carboxylic acid groups (broad SMARTS) is 1. The molecule has 0 aliphatic heterocycles. The van der Waals surface area contributed by atoms with E-state index in [0.29, 0.717) is 18.2 Å². The highest BCUT2D eigenvalue weighted by atomic mass is 16.4. The summed E-state index contributed by atoms with van der Waals surface area (Å²) in [6.07, 6.45) is 2.52. The van der Waals surface area contributed by atoms with Gasteiger partial charge in [0, 0.05) is 24.7 Å². The molecule has 0 aromatic heterocycles. The lowest BCUT2D eigenvalue weighted by molar-refractivity contribution is 0.0696. The maximum absolute atomic E-state index is 11.9. The van der Waals surface area contributed by atoms with Crippen LogP contribution in [-0.2, 0) is 0 Å². The first-order chi connectivity index (χ1) is 9.61. The summed E-state index contributed by atoms with van der Waals surface area (Å²) >= 11 is 0. The lowest BCUT2D eigenvalue weighted by atomic mass is 10.1. The van der Waals surface area contributed by atoms with Gasteiger partial charge in [-0.05, 0) is 43.7 Å². The van der Waals surface area contributed by atoms with E-state index in [1.807, 2.05) is 0 Å². The molecule has 1 aliphatic rings. The predicted octanol–water partition coefficient (Wildman–Crippen LogP) is 1.60. The van der Waals surface area contributed by atoms with Crippen LogP contribution in [0.1, 0.15) is 40.5 Å². The second-order valence-electron chi connectivity index (χ2n) is 5.00. The average molecular weight is 276 g/mol. The third-order valence-electron chi connectivity index (χ3n) is 3.55. The fraction of sp³-hybridized carbons (Fsp3) is 0.467. The minimum atomic E-state index is -0.986. The van der Waals surface area contributed by atoms with Gasteiger partial charge in [-0.25, -0.2) is 4.79 Å². The third-order valence-corrected chi connectivity index (χ3v) is 3.55. The van der Waals surface area contributed by atoms with Crippen LogP contribution in [0.25, 0.3) is 0 Å². The molecule has 1 amide bonds. The van der Waals surface area contributed by atoms with Gasteiger partial charge in [0.05, 0.1) is 5.56 Å². The second-order valence-corrected chi connectivity index (χ2v) is 5.00. The zero-order valence-electron chi connectivity index (χ0n) is 11.6. The molecular weight excluding hydrogens is 256 g/mol. The minimum absolute atomic E-state index is 0.159. The Morgan fingerprint density at radius 2 is 1.85 bits per heavy atom. The van der Waals surface area contributed by atoms with E-state index in [1.54, 1.807) is 0 Å². The van der Waals surface area contributed by atoms with Crippen LogP contribution in [0.5, 0.6) is 0 Å². The Kier molecular flexibility index (Phi) is 4.74. The normalized spacial score (nSPS) is 14.3. The number of rotatable bonds is 7. The van der Waals surface area contributed by atoms with Crippen molar-refractivity contribution in [2.75, 3.05) is 19.6 Å². The maximum Gasteiger partial charge on any atom is 0.335 e. The summed E-state index contributed by atoms with van der Waals surface area (Å²) in [5, 5.41) is 11.7. The number of nitrogens with zero attached hydrogens (tertiary/aromatic N) is 1. The van der Waals surface area contributed by atoms with E-state index < -0.39 is 5.97 Å². The molecular formula is C15H20N2O3. The van der Waals surface area contributed by atoms with E-state index in [1.165, 1.54) is 37.1 Å². The van der Waals surface area contributed by atoms with Crippen LogP contribution in [-0.4, -0.2) is 47.6 Å². The summed E-state index contributed by atoms with van der Waals surface area (Å²) in [4.78, 5) is 25.0. The largest absolute Gasteiger partial charge is 0.478 e. The van der Waals surface area contributed by atoms with Gasteiger partial charge in [-0.15, -0.1) is 0 Å². The SMILES string of the molecule is CCN(CCNC(=O)c1ccc(C(=O)O)cc1)C1CC1. The molecule has 1 saturated carbocycles. The number of benzene rings is 1. The lowest BCUT2D eigenvalue weighted by Crippen LogP contribution is -2.36. The van der Waals surface area contributed by atoms with Gasteiger partial charge < -0.3 is 10.4 Å². The quantitative estimate of drug-likeness (QED) is 0.793. The first-order valence-corrected chi connectivity index (χ1v) is 6.97. The van der Waals surface area contributed by atoms with Crippen LogP contribution in [0.2, 0.25) is 0 Å². The van der Waals surface area contributed by atoms with Crippen molar-refractivity contribution in [2.45, 2.75) is 25.8 Å². The van der Waals surface area contributed by atoms with Crippen LogP contribution in [0.3, 0.4) is 0 Å². The monoisotopic (exact) mass is 276 g/mol. The molecule has 2 rings (SSSR count). The molecule has 108 valence electrons. The van der Waals surface area contributed by atoms with Crippen LogP contribution < -0.4 is 5.32 Å². The van der Waals surface area contributed by atoms with Crippen LogP contribution >= 0.6 is 0 Å². The number of likely N-dealkylation sites (N-methyl/N-ethyl adjacent to an activating group) is 1. The van der Waals surface area contributed by atoms with Crippen LogP contribution in [0, 0.1) is 0 Å².